The van der Waals surface area contributed by atoms with Crippen LogP contribution >= 0.6 is 11.6 Å². The maximum atomic E-state index is 12.0. The number of amides is 1. The molecule has 0 heterocycles. The molecule has 8 heteroatoms. The van der Waals surface area contributed by atoms with Gasteiger partial charge in [-0.1, -0.05) is 11.6 Å². The predicted molar refractivity (Wildman–Crippen MR) is 76.4 cm³/mol. The van der Waals surface area contributed by atoms with Crippen molar-refractivity contribution >= 4 is 27.5 Å². The topological polar surface area (TPSA) is 86.7 Å². The van der Waals surface area contributed by atoms with Crippen molar-refractivity contribution in [1.29, 1.82) is 0 Å². The van der Waals surface area contributed by atoms with Crippen molar-refractivity contribution in [2.24, 2.45) is 0 Å². The zero-order chi connectivity index (χ0) is 15.3. The van der Waals surface area contributed by atoms with E-state index in [9.17, 15) is 13.2 Å². The summed E-state index contributed by atoms with van der Waals surface area (Å²) in [7, 11) is -0.805. The molecule has 0 aliphatic rings. The maximum Gasteiger partial charge on any atom is 0.252 e. The second-order valence-corrected chi connectivity index (χ2v) is 6.82. The molecule has 1 aromatic rings. The first kappa shape index (κ1) is 16.9. The number of hydrogen-bond donors (Lipinski definition) is 2. The van der Waals surface area contributed by atoms with E-state index in [-0.39, 0.29) is 28.6 Å². The molecule has 0 aromatic heterocycles. The van der Waals surface area contributed by atoms with Crippen LogP contribution in [-0.2, 0) is 10.0 Å². The normalized spacial score (nSPS) is 11.7. The summed E-state index contributed by atoms with van der Waals surface area (Å²) in [5, 5.41) is 11.4. The Kier molecular flexibility index (Phi) is 5.94. The number of carbonyl (C=O) groups excluding carboxylic acids is 1. The van der Waals surface area contributed by atoms with Crippen molar-refractivity contribution in [2.75, 3.05) is 27.2 Å². The molecular formula is C12H17ClN2O4S. The van der Waals surface area contributed by atoms with Crippen molar-refractivity contribution in [3.63, 3.8) is 0 Å². The maximum absolute atomic E-state index is 12.0. The number of halogens is 1. The lowest BCUT2D eigenvalue weighted by Gasteiger charge is -2.13. The number of benzene rings is 1. The lowest BCUT2D eigenvalue weighted by Crippen LogP contribution is -2.26. The molecule has 20 heavy (non-hydrogen) atoms. The minimum Gasteiger partial charge on any atom is -0.396 e. The highest BCUT2D eigenvalue weighted by Crippen LogP contribution is 2.22. The molecule has 2 N–H and O–H groups in total. The number of carbonyl (C=O) groups is 1. The Bertz CT molecular complexity index is 587. The molecule has 6 nitrogen and oxygen atoms in total. The van der Waals surface area contributed by atoms with Crippen LogP contribution in [0.15, 0.2) is 23.1 Å². The summed E-state index contributed by atoms with van der Waals surface area (Å²) in [6, 6.07) is 3.97. The third-order valence-electron chi connectivity index (χ3n) is 2.58. The average molecular weight is 321 g/mol. The molecule has 0 aliphatic heterocycles. The van der Waals surface area contributed by atoms with Gasteiger partial charge in [0, 0.05) is 27.2 Å². The van der Waals surface area contributed by atoms with Gasteiger partial charge >= 0.3 is 0 Å². The van der Waals surface area contributed by atoms with Crippen molar-refractivity contribution < 1.29 is 18.3 Å². The fourth-order valence-corrected chi connectivity index (χ4v) is 2.56. The molecular weight excluding hydrogens is 304 g/mol. The fourth-order valence-electron chi connectivity index (χ4n) is 1.43. The van der Waals surface area contributed by atoms with Crippen molar-refractivity contribution in [1.82, 2.24) is 9.62 Å². The first-order chi connectivity index (χ1) is 9.30. The lowest BCUT2D eigenvalue weighted by molar-refractivity contribution is 0.0951. The second kappa shape index (κ2) is 7.03. The number of nitrogens with one attached hydrogen (secondary N) is 1. The van der Waals surface area contributed by atoms with Gasteiger partial charge in [-0.3, -0.25) is 4.79 Å². The smallest absolute Gasteiger partial charge is 0.252 e. The summed E-state index contributed by atoms with van der Waals surface area (Å²) in [5.41, 5.74) is 0.0903. The Morgan fingerprint density at radius 1 is 1.40 bits per heavy atom. The van der Waals surface area contributed by atoms with E-state index >= 15 is 0 Å². The minimum absolute atomic E-state index is 0.000733. The van der Waals surface area contributed by atoms with Gasteiger partial charge in [-0.25, -0.2) is 12.7 Å². The number of sulfonamides is 1. The SMILES string of the molecule is CN(C)S(=O)(=O)c1ccc(Cl)c(C(=O)NCCCO)c1. The summed E-state index contributed by atoms with van der Waals surface area (Å²) in [6.45, 7) is 0.249. The fraction of sp³-hybridized carbons (Fsp3) is 0.417. The highest BCUT2D eigenvalue weighted by Gasteiger charge is 2.20. The Labute approximate surface area is 123 Å². The van der Waals surface area contributed by atoms with E-state index in [0.29, 0.717) is 6.42 Å². The molecule has 0 aliphatic carbocycles. The number of nitrogens with zero attached hydrogens (tertiary/aromatic N) is 1. The van der Waals surface area contributed by atoms with Crippen LogP contribution in [0, 0.1) is 0 Å². The van der Waals surface area contributed by atoms with Gasteiger partial charge < -0.3 is 10.4 Å². The van der Waals surface area contributed by atoms with Crippen LogP contribution in [0.25, 0.3) is 0 Å². The molecule has 0 saturated carbocycles. The Hall–Kier alpha value is -1.15. The molecule has 0 fully saturated rings. The Balaban J connectivity index is 3.07. The van der Waals surface area contributed by atoms with Gasteiger partial charge in [-0.05, 0) is 24.6 Å². The number of aliphatic hydroxyl groups excluding tert-OH is 1. The van der Waals surface area contributed by atoms with Crippen LogP contribution in [0.4, 0.5) is 0 Å². The molecule has 1 rings (SSSR count). The molecule has 0 radical (unpaired) electrons. The van der Waals surface area contributed by atoms with E-state index < -0.39 is 15.9 Å². The van der Waals surface area contributed by atoms with E-state index in [2.05, 4.69) is 5.32 Å². The van der Waals surface area contributed by atoms with Crippen LogP contribution in [0.2, 0.25) is 5.02 Å². The highest BCUT2D eigenvalue weighted by atomic mass is 35.5. The number of rotatable bonds is 6. The Morgan fingerprint density at radius 2 is 2.05 bits per heavy atom. The molecule has 0 spiro atoms. The van der Waals surface area contributed by atoms with E-state index in [4.69, 9.17) is 16.7 Å². The van der Waals surface area contributed by atoms with Crippen molar-refractivity contribution in [3.05, 3.63) is 28.8 Å². The van der Waals surface area contributed by atoms with Crippen LogP contribution in [0.3, 0.4) is 0 Å². The molecule has 1 amide bonds. The summed E-state index contributed by atoms with van der Waals surface area (Å²) in [4.78, 5) is 11.9. The predicted octanol–water partition coefficient (Wildman–Crippen LogP) is 0.703. The van der Waals surface area contributed by atoms with Crippen LogP contribution in [0.5, 0.6) is 0 Å². The first-order valence-electron chi connectivity index (χ1n) is 5.92. The van der Waals surface area contributed by atoms with Gasteiger partial charge in [-0.2, -0.15) is 0 Å². The first-order valence-corrected chi connectivity index (χ1v) is 7.73. The molecule has 112 valence electrons. The zero-order valence-electron chi connectivity index (χ0n) is 11.3. The minimum atomic E-state index is -3.62. The van der Waals surface area contributed by atoms with Crippen LogP contribution in [0.1, 0.15) is 16.8 Å². The van der Waals surface area contributed by atoms with E-state index in [1.165, 1.54) is 32.3 Å². The Morgan fingerprint density at radius 3 is 2.60 bits per heavy atom. The largest absolute Gasteiger partial charge is 0.396 e. The van der Waals surface area contributed by atoms with E-state index in [0.717, 1.165) is 4.31 Å². The monoisotopic (exact) mass is 320 g/mol. The molecule has 1 aromatic carbocycles. The van der Waals surface area contributed by atoms with Crippen LogP contribution < -0.4 is 5.32 Å². The summed E-state index contributed by atoms with van der Waals surface area (Å²) in [5.74, 6) is -0.473. The van der Waals surface area contributed by atoms with E-state index in [1.807, 2.05) is 0 Å². The second-order valence-electron chi connectivity index (χ2n) is 4.26. The quantitative estimate of drug-likeness (QED) is 0.756. The summed E-state index contributed by atoms with van der Waals surface area (Å²) < 4.78 is 25.1. The zero-order valence-corrected chi connectivity index (χ0v) is 12.8. The van der Waals surface area contributed by atoms with Gasteiger partial charge in [0.05, 0.1) is 15.5 Å². The number of hydrogen-bond acceptors (Lipinski definition) is 4. The third kappa shape index (κ3) is 3.92. The standard InChI is InChI=1S/C12H17ClN2O4S/c1-15(2)20(18,19)9-4-5-11(13)10(8-9)12(17)14-6-3-7-16/h4-5,8,16H,3,6-7H2,1-2H3,(H,14,17). The summed E-state index contributed by atoms with van der Waals surface area (Å²) in [6.07, 6.45) is 0.416. The van der Waals surface area contributed by atoms with Gasteiger partial charge in [-0.15, -0.1) is 0 Å². The molecule has 0 atom stereocenters. The summed E-state index contributed by atoms with van der Waals surface area (Å²) >= 11 is 5.91. The van der Waals surface area contributed by atoms with Gasteiger partial charge in [0.1, 0.15) is 0 Å². The number of aliphatic hydroxyl groups is 1. The van der Waals surface area contributed by atoms with Gasteiger partial charge in [0.2, 0.25) is 10.0 Å². The van der Waals surface area contributed by atoms with Gasteiger partial charge in [0.25, 0.3) is 5.91 Å². The molecule has 0 unspecified atom stereocenters. The van der Waals surface area contributed by atoms with Crippen molar-refractivity contribution in [2.45, 2.75) is 11.3 Å². The molecule has 0 saturated heterocycles. The average Bonchev–Trinajstić information content (AvgIpc) is 2.38. The van der Waals surface area contributed by atoms with Gasteiger partial charge in [0.15, 0.2) is 0 Å². The van der Waals surface area contributed by atoms with Crippen molar-refractivity contribution in [3.8, 4) is 0 Å². The molecule has 0 bridgehead atoms. The third-order valence-corrected chi connectivity index (χ3v) is 4.72. The highest BCUT2D eigenvalue weighted by molar-refractivity contribution is 7.89. The lowest BCUT2D eigenvalue weighted by atomic mass is 10.2. The van der Waals surface area contributed by atoms with E-state index in [1.54, 1.807) is 0 Å². The van der Waals surface area contributed by atoms with Crippen LogP contribution in [-0.4, -0.2) is 51.0 Å².